The number of benzene rings is 1. The molecule has 0 saturated heterocycles. The van der Waals surface area contributed by atoms with E-state index in [0.717, 1.165) is 6.07 Å². The quantitative estimate of drug-likeness (QED) is 0.918. The molecule has 3 nitrogen and oxygen atoms in total. The summed E-state index contributed by atoms with van der Waals surface area (Å²) < 4.78 is 44.3. The first-order chi connectivity index (χ1) is 9.50. The molecule has 0 radical (unpaired) electrons. The Labute approximate surface area is 118 Å². The molecule has 0 atom stereocenters. The number of alkyl halides is 3. The number of halogens is 3. The van der Waals surface area contributed by atoms with Gasteiger partial charge in [0.05, 0.1) is 16.8 Å². The first-order valence-corrected chi connectivity index (χ1v) is 6.79. The number of ether oxygens (including phenoxy) is 1. The molecule has 1 aromatic heterocycles. The van der Waals surface area contributed by atoms with Crippen molar-refractivity contribution in [1.82, 2.24) is 10.3 Å². The molecule has 0 aliphatic carbocycles. The fourth-order valence-electron chi connectivity index (χ4n) is 1.70. The maximum absolute atomic E-state index is 13.0. The predicted molar refractivity (Wildman–Crippen MR) is 70.7 cm³/mol. The monoisotopic (exact) mass is 302 g/mol. The van der Waals surface area contributed by atoms with E-state index in [4.69, 9.17) is 4.74 Å². The van der Waals surface area contributed by atoms with Crippen LogP contribution >= 0.6 is 11.3 Å². The molecule has 108 valence electrons. The van der Waals surface area contributed by atoms with Gasteiger partial charge in [0.15, 0.2) is 0 Å². The minimum atomic E-state index is -4.44. The van der Waals surface area contributed by atoms with Crippen LogP contribution in [0.2, 0.25) is 0 Å². The van der Waals surface area contributed by atoms with E-state index in [9.17, 15) is 13.2 Å². The number of hydrogen-bond donors (Lipinski definition) is 1. The topological polar surface area (TPSA) is 34.1 Å². The Kier molecular flexibility index (Phi) is 4.61. The molecular weight excluding hydrogens is 289 g/mol. The molecular formula is C13H13F3N2OS. The van der Waals surface area contributed by atoms with Crippen LogP contribution in [0.4, 0.5) is 13.2 Å². The van der Waals surface area contributed by atoms with E-state index in [2.05, 4.69) is 10.3 Å². The van der Waals surface area contributed by atoms with E-state index in [-0.39, 0.29) is 12.4 Å². The molecule has 1 aromatic carbocycles. The van der Waals surface area contributed by atoms with Crippen molar-refractivity contribution in [2.45, 2.75) is 19.3 Å². The third-order valence-corrected chi connectivity index (χ3v) is 3.22. The lowest BCUT2D eigenvalue weighted by Gasteiger charge is -2.15. The number of thiazole rings is 1. The molecule has 1 N–H and O–H groups in total. The lowest BCUT2D eigenvalue weighted by molar-refractivity contribution is -0.139. The van der Waals surface area contributed by atoms with E-state index < -0.39 is 11.7 Å². The highest BCUT2D eigenvalue weighted by Crippen LogP contribution is 2.37. The van der Waals surface area contributed by atoms with Crippen molar-refractivity contribution in [3.8, 4) is 5.75 Å². The van der Waals surface area contributed by atoms with Gasteiger partial charge in [-0.2, -0.15) is 13.2 Å². The molecule has 0 aliphatic rings. The smallest absolute Gasteiger partial charge is 0.419 e. The highest BCUT2D eigenvalue weighted by molar-refractivity contribution is 7.07. The summed E-state index contributed by atoms with van der Waals surface area (Å²) in [6, 6.07) is 4.07. The van der Waals surface area contributed by atoms with Crippen molar-refractivity contribution in [2.75, 3.05) is 7.05 Å². The molecule has 20 heavy (non-hydrogen) atoms. The molecule has 0 aliphatic heterocycles. The molecule has 0 fully saturated rings. The zero-order chi connectivity index (χ0) is 14.6. The van der Waals surface area contributed by atoms with Crippen LogP contribution in [0.25, 0.3) is 0 Å². The fourth-order valence-corrected chi connectivity index (χ4v) is 2.24. The molecule has 2 rings (SSSR count). The predicted octanol–water partition coefficient (Wildman–Crippen LogP) is 3.46. The van der Waals surface area contributed by atoms with Gasteiger partial charge >= 0.3 is 6.18 Å². The molecule has 0 unspecified atom stereocenters. The van der Waals surface area contributed by atoms with Crippen molar-refractivity contribution < 1.29 is 17.9 Å². The molecule has 0 bridgehead atoms. The van der Waals surface area contributed by atoms with Gasteiger partial charge in [-0.05, 0) is 24.7 Å². The van der Waals surface area contributed by atoms with Crippen molar-refractivity contribution in [3.63, 3.8) is 0 Å². The van der Waals surface area contributed by atoms with Gasteiger partial charge in [0, 0.05) is 11.9 Å². The van der Waals surface area contributed by atoms with Gasteiger partial charge in [-0.3, -0.25) is 0 Å². The average Bonchev–Trinajstić information content (AvgIpc) is 2.89. The van der Waals surface area contributed by atoms with Gasteiger partial charge in [0.2, 0.25) is 0 Å². The Balaban J connectivity index is 2.22. The summed E-state index contributed by atoms with van der Waals surface area (Å²) >= 11 is 1.37. The highest BCUT2D eigenvalue weighted by atomic mass is 32.1. The Morgan fingerprint density at radius 2 is 2.15 bits per heavy atom. The number of aromatic nitrogens is 1. The normalized spacial score (nSPS) is 11.6. The van der Waals surface area contributed by atoms with Crippen LogP contribution in [0.5, 0.6) is 5.75 Å². The van der Waals surface area contributed by atoms with E-state index in [1.165, 1.54) is 17.4 Å². The van der Waals surface area contributed by atoms with Gasteiger partial charge in [-0.15, -0.1) is 11.3 Å². The molecule has 7 heteroatoms. The maximum Gasteiger partial charge on any atom is 0.419 e. The summed E-state index contributed by atoms with van der Waals surface area (Å²) in [5.41, 5.74) is 2.02. The highest BCUT2D eigenvalue weighted by Gasteiger charge is 2.34. The number of rotatable bonds is 5. The van der Waals surface area contributed by atoms with Crippen LogP contribution in [0, 0.1) is 0 Å². The Morgan fingerprint density at radius 3 is 2.75 bits per heavy atom. The Bertz CT molecular complexity index is 555. The summed E-state index contributed by atoms with van der Waals surface area (Å²) in [4.78, 5) is 3.97. The van der Waals surface area contributed by atoms with Gasteiger partial charge < -0.3 is 10.1 Å². The molecule has 0 spiro atoms. The van der Waals surface area contributed by atoms with Crippen molar-refractivity contribution >= 4 is 11.3 Å². The van der Waals surface area contributed by atoms with Gasteiger partial charge in [0.25, 0.3) is 0 Å². The lowest BCUT2D eigenvalue weighted by atomic mass is 10.1. The number of hydrogen-bond acceptors (Lipinski definition) is 4. The van der Waals surface area contributed by atoms with Crippen molar-refractivity contribution in [1.29, 1.82) is 0 Å². The molecule has 1 heterocycles. The zero-order valence-electron chi connectivity index (χ0n) is 10.7. The summed E-state index contributed by atoms with van der Waals surface area (Å²) in [6.45, 7) is 0.396. The minimum Gasteiger partial charge on any atom is -0.487 e. The average molecular weight is 302 g/mol. The van der Waals surface area contributed by atoms with E-state index >= 15 is 0 Å². The summed E-state index contributed by atoms with van der Waals surface area (Å²) in [5, 5.41) is 4.56. The molecule has 2 aromatic rings. The van der Waals surface area contributed by atoms with Gasteiger partial charge in [0.1, 0.15) is 12.4 Å². The van der Waals surface area contributed by atoms with Gasteiger partial charge in [-0.1, -0.05) is 6.07 Å². The number of nitrogens with one attached hydrogen (secondary N) is 1. The van der Waals surface area contributed by atoms with Crippen molar-refractivity contribution in [3.05, 3.63) is 45.9 Å². The Hall–Kier alpha value is -1.60. The zero-order valence-corrected chi connectivity index (χ0v) is 11.5. The summed E-state index contributed by atoms with van der Waals surface area (Å²) in [7, 11) is 1.68. The summed E-state index contributed by atoms with van der Waals surface area (Å²) in [6.07, 6.45) is -4.44. The molecule has 0 amide bonds. The van der Waals surface area contributed by atoms with E-state index in [0.29, 0.717) is 17.8 Å². The van der Waals surface area contributed by atoms with Gasteiger partial charge in [-0.25, -0.2) is 4.98 Å². The van der Waals surface area contributed by atoms with E-state index in [1.807, 2.05) is 0 Å². The standard InChI is InChI=1S/C13H13F3N2OS/c1-17-5-9-2-3-12(11(4-9)13(14,15)16)19-6-10-7-20-8-18-10/h2-4,7-8,17H,5-6H2,1H3. The first-order valence-electron chi connectivity index (χ1n) is 5.85. The van der Waals surface area contributed by atoms with Crippen LogP contribution in [-0.4, -0.2) is 12.0 Å². The second kappa shape index (κ2) is 6.23. The van der Waals surface area contributed by atoms with Crippen LogP contribution in [-0.2, 0) is 19.3 Å². The second-order valence-electron chi connectivity index (χ2n) is 4.13. The van der Waals surface area contributed by atoms with Crippen LogP contribution in [0.1, 0.15) is 16.8 Å². The Morgan fingerprint density at radius 1 is 1.35 bits per heavy atom. The third kappa shape index (κ3) is 3.71. The first kappa shape index (κ1) is 14.8. The third-order valence-electron chi connectivity index (χ3n) is 2.59. The van der Waals surface area contributed by atoms with Crippen LogP contribution in [0.3, 0.4) is 0 Å². The fraction of sp³-hybridized carbons (Fsp3) is 0.308. The maximum atomic E-state index is 13.0. The van der Waals surface area contributed by atoms with Crippen LogP contribution in [0.15, 0.2) is 29.1 Å². The minimum absolute atomic E-state index is 0.0257. The van der Waals surface area contributed by atoms with E-state index in [1.54, 1.807) is 24.0 Å². The molecule has 0 saturated carbocycles. The van der Waals surface area contributed by atoms with Crippen LogP contribution < -0.4 is 10.1 Å². The summed E-state index contributed by atoms with van der Waals surface area (Å²) in [5.74, 6) is -0.176. The largest absolute Gasteiger partial charge is 0.487 e. The SMILES string of the molecule is CNCc1ccc(OCc2cscn2)c(C(F)(F)F)c1. The van der Waals surface area contributed by atoms with Crippen molar-refractivity contribution in [2.24, 2.45) is 0 Å². The number of nitrogens with zero attached hydrogens (tertiary/aromatic N) is 1. The second-order valence-corrected chi connectivity index (χ2v) is 4.85. The lowest BCUT2D eigenvalue weighted by Crippen LogP contribution is -2.11.